The van der Waals surface area contributed by atoms with Crippen molar-refractivity contribution in [2.45, 2.75) is 26.7 Å². The van der Waals surface area contributed by atoms with E-state index in [-0.39, 0.29) is 11.8 Å². The van der Waals surface area contributed by atoms with Crippen LogP contribution in [-0.2, 0) is 16.0 Å². The van der Waals surface area contributed by atoms with Crippen molar-refractivity contribution in [3.63, 3.8) is 0 Å². The summed E-state index contributed by atoms with van der Waals surface area (Å²) in [5.41, 5.74) is 3.91. The molecule has 0 bridgehead atoms. The van der Waals surface area contributed by atoms with Crippen molar-refractivity contribution in [1.82, 2.24) is 0 Å². The van der Waals surface area contributed by atoms with E-state index in [4.69, 9.17) is 0 Å². The molecule has 0 unspecified atom stereocenters. The molecule has 0 saturated heterocycles. The van der Waals surface area contributed by atoms with Gasteiger partial charge in [0.05, 0.1) is 0 Å². The maximum Gasteiger partial charge on any atom is 0.224 e. The van der Waals surface area contributed by atoms with Crippen LogP contribution in [0, 0.1) is 6.92 Å². The number of nitrogens with one attached hydrogen (secondary N) is 1. The Bertz CT molecular complexity index is 676. The molecule has 0 heterocycles. The molecule has 2 amide bonds. The van der Waals surface area contributed by atoms with Gasteiger partial charge in [-0.25, -0.2) is 0 Å². The SMILES string of the molecule is CC(=O)N(C)c1ccc(NC(=O)CCc2ccc(C)cc2)cc1. The topological polar surface area (TPSA) is 49.4 Å². The molecule has 2 aromatic carbocycles. The normalized spacial score (nSPS) is 10.2. The molecule has 0 radical (unpaired) electrons. The lowest BCUT2D eigenvalue weighted by Gasteiger charge is -2.15. The van der Waals surface area contributed by atoms with Gasteiger partial charge in [-0.15, -0.1) is 0 Å². The van der Waals surface area contributed by atoms with E-state index in [1.165, 1.54) is 12.5 Å². The zero-order valence-corrected chi connectivity index (χ0v) is 13.8. The predicted octanol–water partition coefficient (Wildman–Crippen LogP) is 3.55. The lowest BCUT2D eigenvalue weighted by atomic mass is 10.1. The largest absolute Gasteiger partial charge is 0.326 e. The van der Waals surface area contributed by atoms with E-state index in [1.807, 2.05) is 19.1 Å². The van der Waals surface area contributed by atoms with Crippen LogP contribution in [0.3, 0.4) is 0 Å². The zero-order valence-electron chi connectivity index (χ0n) is 13.8. The number of hydrogen-bond donors (Lipinski definition) is 1. The zero-order chi connectivity index (χ0) is 16.8. The third-order valence-corrected chi connectivity index (χ3v) is 3.77. The van der Waals surface area contributed by atoms with Gasteiger partial charge in [-0.2, -0.15) is 0 Å². The van der Waals surface area contributed by atoms with Gasteiger partial charge in [0, 0.05) is 31.8 Å². The minimum absolute atomic E-state index is 0.0155. The third kappa shape index (κ3) is 4.95. The van der Waals surface area contributed by atoms with Gasteiger partial charge in [0.25, 0.3) is 0 Å². The highest BCUT2D eigenvalue weighted by atomic mass is 16.2. The Labute approximate surface area is 137 Å². The number of rotatable bonds is 5. The highest BCUT2D eigenvalue weighted by Gasteiger charge is 2.07. The van der Waals surface area contributed by atoms with Crippen LogP contribution in [0.2, 0.25) is 0 Å². The fourth-order valence-electron chi connectivity index (χ4n) is 2.19. The number of amides is 2. The summed E-state index contributed by atoms with van der Waals surface area (Å²) in [4.78, 5) is 24.9. The average molecular weight is 310 g/mol. The highest BCUT2D eigenvalue weighted by Crippen LogP contribution is 2.17. The van der Waals surface area contributed by atoms with Gasteiger partial charge in [-0.1, -0.05) is 29.8 Å². The molecule has 4 nitrogen and oxygen atoms in total. The second kappa shape index (κ2) is 7.58. The molecule has 2 aromatic rings. The number of carbonyl (C=O) groups excluding carboxylic acids is 2. The van der Waals surface area contributed by atoms with Gasteiger partial charge in [-0.05, 0) is 43.2 Å². The Morgan fingerprint density at radius 3 is 2.17 bits per heavy atom. The Hall–Kier alpha value is -2.62. The van der Waals surface area contributed by atoms with Crippen LogP contribution in [-0.4, -0.2) is 18.9 Å². The van der Waals surface area contributed by atoms with Gasteiger partial charge in [0.1, 0.15) is 0 Å². The van der Waals surface area contributed by atoms with Gasteiger partial charge in [0.15, 0.2) is 0 Å². The Morgan fingerprint density at radius 1 is 1.00 bits per heavy atom. The van der Waals surface area contributed by atoms with Crippen molar-refractivity contribution in [3.8, 4) is 0 Å². The summed E-state index contributed by atoms with van der Waals surface area (Å²) in [5.74, 6) is -0.0434. The predicted molar refractivity (Wildman–Crippen MR) is 93.7 cm³/mol. The number of benzene rings is 2. The van der Waals surface area contributed by atoms with Crippen LogP contribution in [0.15, 0.2) is 48.5 Å². The number of aryl methyl sites for hydroxylation is 2. The van der Waals surface area contributed by atoms with Gasteiger partial charge >= 0.3 is 0 Å². The first-order valence-electron chi connectivity index (χ1n) is 7.65. The van der Waals surface area contributed by atoms with Crippen molar-refractivity contribution in [2.75, 3.05) is 17.3 Å². The molecule has 0 aliphatic heterocycles. The number of nitrogens with zero attached hydrogens (tertiary/aromatic N) is 1. The Kier molecular flexibility index (Phi) is 5.52. The first-order valence-corrected chi connectivity index (χ1v) is 7.65. The monoisotopic (exact) mass is 310 g/mol. The van der Waals surface area contributed by atoms with Crippen molar-refractivity contribution < 1.29 is 9.59 Å². The lowest BCUT2D eigenvalue weighted by molar-refractivity contribution is -0.117. The molecule has 0 aliphatic rings. The summed E-state index contributed by atoms with van der Waals surface area (Å²) < 4.78 is 0. The molecule has 2 rings (SSSR count). The second-order valence-corrected chi connectivity index (χ2v) is 5.66. The van der Waals surface area contributed by atoms with Crippen molar-refractivity contribution in [1.29, 1.82) is 0 Å². The Morgan fingerprint density at radius 2 is 1.61 bits per heavy atom. The molecule has 0 spiro atoms. The molecule has 120 valence electrons. The van der Waals surface area contributed by atoms with E-state index in [0.29, 0.717) is 6.42 Å². The third-order valence-electron chi connectivity index (χ3n) is 3.77. The van der Waals surface area contributed by atoms with Gasteiger partial charge < -0.3 is 10.2 Å². The molecule has 0 fully saturated rings. The summed E-state index contributed by atoms with van der Waals surface area (Å²) in [6.07, 6.45) is 1.16. The van der Waals surface area contributed by atoms with Crippen LogP contribution in [0.25, 0.3) is 0 Å². The van der Waals surface area contributed by atoms with Crippen molar-refractivity contribution in [2.24, 2.45) is 0 Å². The molecular formula is C19H22N2O2. The summed E-state index contributed by atoms with van der Waals surface area (Å²) in [6, 6.07) is 15.4. The maximum atomic E-state index is 12.0. The fourth-order valence-corrected chi connectivity index (χ4v) is 2.19. The van der Waals surface area contributed by atoms with Crippen LogP contribution < -0.4 is 10.2 Å². The molecule has 23 heavy (non-hydrogen) atoms. The maximum absolute atomic E-state index is 12.0. The standard InChI is InChI=1S/C19H22N2O2/c1-14-4-6-16(7-5-14)8-13-19(23)20-17-9-11-18(12-10-17)21(3)15(2)22/h4-7,9-12H,8,13H2,1-3H3,(H,20,23). The van der Waals surface area contributed by atoms with Crippen molar-refractivity contribution >= 4 is 23.2 Å². The number of anilines is 2. The first-order chi connectivity index (χ1) is 11.0. The number of hydrogen-bond acceptors (Lipinski definition) is 2. The second-order valence-electron chi connectivity index (χ2n) is 5.66. The number of carbonyl (C=O) groups is 2. The van der Waals surface area contributed by atoms with Crippen molar-refractivity contribution in [3.05, 3.63) is 59.7 Å². The smallest absolute Gasteiger partial charge is 0.224 e. The summed E-state index contributed by atoms with van der Waals surface area (Å²) in [5, 5.41) is 2.88. The molecule has 0 aromatic heterocycles. The van der Waals surface area contributed by atoms with E-state index >= 15 is 0 Å². The minimum Gasteiger partial charge on any atom is -0.326 e. The van der Waals surface area contributed by atoms with Crippen LogP contribution in [0.4, 0.5) is 11.4 Å². The van der Waals surface area contributed by atoms with E-state index in [1.54, 1.807) is 24.1 Å². The quantitative estimate of drug-likeness (QED) is 0.918. The van der Waals surface area contributed by atoms with E-state index in [2.05, 4.69) is 29.6 Å². The molecular weight excluding hydrogens is 288 g/mol. The molecule has 1 N–H and O–H groups in total. The van der Waals surface area contributed by atoms with Crippen LogP contribution in [0.1, 0.15) is 24.5 Å². The minimum atomic E-state index is -0.0279. The highest BCUT2D eigenvalue weighted by molar-refractivity contribution is 5.93. The average Bonchev–Trinajstić information content (AvgIpc) is 2.54. The summed E-state index contributed by atoms with van der Waals surface area (Å²) in [7, 11) is 1.72. The van der Waals surface area contributed by atoms with Gasteiger partial charge in [-0.3, -0.25) is 9.59 Å². The summed E-state index contributed by atoms with van der Waals surface area (Å²) in [6.45, 7) is 3.56. The molecule has 0 atom stereocenters. The molecule has 0 saturated carbocycles. The molecule has 4 heteroatoms. The van der Waals surface area contributed by atoms with E-state index in [9.17, 15) is 9.59 Å². The first kappa shape index (κ1) is 16.7. The van der Waals surface area contributed by atoms with Gasteiger partial charge in [0.2, 0.25) is 11.8 Å². The van der Waals surface area contributed by atoms with Crippen LogP contribution >= 0.6 is 0 Å². The summed E-state index contributed by atoms with van der Waals surface area (Å²) >= 11 is 0. The fraction of sp³-hybridized carbons (Fsp3) is 0.263. The Balaban J connectivity index is 1.87. The van der Waals surface area contributed by atoms with Crippen LogP contribution in [0.5, 0.6) is 0 Å². The molecule has 0 aliphatic carbocycles. The van der Waals surface area contributed by atoms with E-state index < -0.39 is 0 Å². The lowest BCUT2D eigenvalue weighted by Crippen LogP contribution is -2.22. The van der Waals surface area contributed by atoms with E-state index in [0.717, 1.165) is 23.4 Å².